The average molecular weight is 452 g/mol. The zero-order valence-electron chi connectivity index (χ0n) is 19.9. The summed E-state index contributed by atoms with van der Waals surface area (Å²) in [6, 6.07) is 24.0. The van der Waals surface area contributed by atoms with Crippen molar-refractivity contribution >= 4 is 17.3 Å². The summed E-state index contributed by atoms with van der Waals surface area (Å²) in [7, 11) is 0. The largest absolute Gasteiger partial charge is 0.372 e. The lowest BCUT2D eigenvalue weighted by Crippen LogP contribution is -2.45. The minimum absolute atomic E-state index is 0.0324. The van der Waals surface area contributed by atoms with Gasteiger partial charge in [0.2, 0.25) is 0 Å². The molecule has 3 aromatic rings. The van der Waals surface area contributed by atoms with Crippen LogP contribution in [0, 0.1) is 11.3 Å². The molecular formula is C29H29N3O2. The second-order valence-electron chi connectivity index (χ2n) is 9.45. The topological polar surface area (TPSA) is 56.6 Å². The number of benzene rings is 3. The number of anilines is 2. The van der Waals surface area contributed by atoms with E-state index in [-0.39, 0.29) is 24.0 Å². The maximum atomic E-state index is 13.6. The van der Waals surface area contributed by atoms with Crippen molar-refractivity contribution in [1.82, 2.24) is 0 Å². The number of carbonyl (C=O) groups excluding carboxylic acids is 1. The van der Waals surface area contributed by atoms with Crippen molar-refractivity contribution in [3.8, 4) is 17.2 Å². The number of ether oxygens (including phenoxy) is 1. The maximum absolute atomic E-state index is 13.6. The van der Waals surface area contributed by atoms with Gasteiger partial charge in [0.15, 0.2) is 0 Å². The second kappa shape index (κ2) is 8.96. The Balaban J connectivity index is 1.43. The molecule has 3 atom stereocenters. The van der Waals surface area contributed by atoms with E-state index in [1.165, 1.54) is 0 Å². The molecule has 0 bridgehead atoms. The lowest BCUT2D eigenvalue weighted by molar-refractivity contribution is -0.00521. The van der Waals surface area contributed by atoms with Gasteiger partial charge in [-0.15, -0.1) is 0 Å². The fraction of sp³-hybridized carbons (Fsp3) is 0.310. The van der Waals surface area contributed by atoms with Gasteiger partial charge in [0, 0.05) is 42.5 Å². The molecule has 1 fully saturated rings. The van der Waals surface area contributed by atoms with Gasteiger partial charge >= 0.3 is 0 Å². The van der Waals surface area contributed by atoms with Crippen molar-refractivity contribution in [2.75, 3.05) is 29.4 Å². The van der Waals surface area contributed by atoms with Crippen molar-refractivity contribution in [3.05, 3.63) is 83.4 Å². The first-order valence-electron chi connectivity index (χ1n) is 11.9. The fourth-order valence-corrected chi connectivity index (χ4v) is 5.31. The van der Waals surface area contributed by atoms with Gasteiger partial charge < -0.3 is 14.5 Å². The lowest BCUT2D eigenvalue weighted by atomic mass is 9.84. The van der Waals surface area contributed by atoms with Crippen molar-refractivity contribution in [2.45, 2.75) is 38.9 Å². The quantitative estimate of drug-likeness (QED) is 0.520. The number of carbonyl (C=O) groups is 1. The molecular weight excluding hydrogens is 422 g/mol. The molecule has 3 aromatic carbocycles. The number of amides is 1. The number of fused-ring (bicyclic) bond motifs is 1. The van der Waals surface area contributed by atoms with Crippen molar-refractivity contribution in [2.24, 2.45) is 0 Å². The first-order chi connectivity index (χ1) is 16.4. The molecule has 1 saturated heterocycles. The van der Waals surface area contributed by atoms with Gasteiger partial charge in [-0.05, 0) is 73.0 Å². The van der Waals surface area contributed by atoms with Crippen LogP contribution in [0.1, 0.15) is 48.2 Å². The first kappa shape index (κ1) is 22.2. The lowest BCUT2D eigenvalue weighted by Gasteiger charge is -2.37. The maximum Gasteiger partial charge on any atom is 0.258 e. The molecule has 5 nitrogen and oxygen atoms in total. The van der Waals surface area contributed by atoms with Crippen LogP contribution in [-0.4, -0.2) is 37.7 Å². The molecule has 5 heteroatoms. The number of hydrogen-bond acceptors (Lipinski definition) is 4. The highest BCUT2D eigenvalue weighted by atomic mass is 16.5. The van der Waals surface area contributed by atoms with Gasteiger partial charge in [0.25, 0.3) is 5.91 Å². The minimum atomic E-state index is 0.0324. The number of nitriles is 1. The number of rotatable bonds is 3. The van der Waals surface area contributed by atoms with Crippen molar-refractivity contribution < 1.29 is 9.53 Å². The molecule has 1 amide bonds. The van der Waals surface area contributed by atoms with Gasteiger partial charge in [-0.25, -0.2) is 0 Å². The highest BCUT2D eigenvalue weighted by Gasteiger charge is 2.32. The van der Waals surface area contributed by atoms with E-state index < -0.39 is 0 Å². The summed E-state index contributed by atoms with van der Waals surface area (Å²) in [5.74, 6) is 0.213. The van der Waals surface area contributed by atoms with Gasteiger partial charge in [0.05, 0.1) is 23.8 Å². The molecule has 0 N–H and O–H groups in total. The van der Waals surface area contributed by atoms with E-state index >= 15 is 0 Å². The van der Waals surface area contributed by atoms with Crippen LogP contribution in [-0.2, 0) is 4.74 Å². The summed E-state index contributed by atoms with van der Waals surface area (Å²) in [4.78, 5) is 17.8. The summed E-state index contributed by atoms with van der Waals surface area (Å²) < 4.78 is 5.86. The Morgan fingerprint density at radius 3 is 2.09 bits per heavy atom. The number of morpholine rings is 1. The Bertz CT molecular complexity index is 1230. The van der Waals surface area contributed by atoms with Crippen LogP contribution in [0.4, 0.5) is 11.4 Å². The summed E-state index contributed by atoms with van der Waals surface area (Å²) in [5, 5.41) is 9.11. The molecule has 2 heterocycles. The Morgan fingerprint density at radius 1 is 0.824 bits per heavy atom. The third-order valence-electron chi connectivity index (χ3n) is 6.80. The molecule has 3 unspecified atom stereocenters. The minimum Gasteiger partial charge on any atom is -0.372 e. The monoisotopic (exact) mass is 451 g/mol. The molecule has 0 radical (unpaired) electrons. The standard InChI is InChI=1S/C29H29N3O2/c1-19-16-32(25-13-11-24(12-14-25)31-17-20(2)34-21(3)18-31)29(33)27-6-4-5-26(28(19)27)23-9-7-22(15-30)8-10-23/h4-14,19-21H,16-18H2,1-3H3. The highest BCUT2D eigenvalue weighted by molar-refractivity contribution is 6.09. The Labute approximate surface area is 201 Å². The van der Waals surface area contributed by atoms with E-state index in [9.17, 15) is 4.79 Å². The Hall–Kier alpha value is -3.62. The molecule has 5 rings (SSSR count). The zero-order valence-corrected chi connectivity index (χ0v) is 19.9. The van der Waals surface area contributed by atoms with Crippen LogP contribution >= 0.6 is 0 Å². The Morgan fingerprint density at radius 2 is 1.44 bits per heavy atom. The SMILES string of the molecule is CC1CN(c2ccc(N3CC(C)c4c(cccc4-c4ccc(C#N)cc4)C3=O)cc2)CC(C)O1. The van der Waals surface area contributed by atoms with Gasteiger partial charge in [-0.1, -0.05) is 31.2 Å². The Kier molecular flexibility index (Phi) is 5.85. The van der Waals surface area contributed by atoms with Crippen LogP contribution in [0.3, 0.4) is 0 Å². The van der Waals surface area contributed by atoms with Crippen LogP contribution in [0.5, 0.6) is 0 Å². The molecule has 0 aromatic heterocycles. The molecule has 172 valence electrons. The second-order valence-corrected chi connectivity index (χ2v) is 9.45. The zero-order chi connectivity index (χ0) is 23.8. The third kappa shape index (κ3) is 4.06. The summed E-state index contributed by atoms with van der Waals surface area (Å²) in [6.07, 6.45) is 0.407. The highest BCUT2D eigenvalue weighted by Crippen LogP contribution is 2.38. The van der Waals surface area contributed by atoms with E-state index in [0.29, 0.717) is 12.1 Å². The first-order valence-corrected chi connectivity index (χ1v) is 11.9. The molecule has 2 aliphatic heterocycles. The van der Waals surface area contributed by atoms with Gasteiger partial charge in [-0.2, -0.15) is 5.26 Å². The van der Waals surface area contributed by atoms with E-state index in [4.69, 9.17) is 10.00 Å². The number of nitrogens with zero attached hydrogens (tertiary/aromatic N) is 3. The molecule has 0 saturated carbocycles. The molecule has 2 aliphatic rings. The third-order valence-corrected chi connectivity index (χ3v) is 6.80. The van der Waals surface area contributed by atoms with Crippen LogP contribution in [0.25, 0.3) is 11.1 Å². The van der Waals surface area contributed by atoms with Crippen LogP contribution < -0.4 is 9.80 Å². The summed E-state index contributed by atoms with van der Waals surface area (Å²) in [5.41, 5.74) is 6.64. The van der Waals surface area contributed by atoms with E-state index in [0.717, 1.165) is 46.7 Å². The normalized spacial score (nSPS) is 22.3. The molecule has 0 spiro atoms. The van der Waals surface area contributed by atoms with Crippen molar-refractivity contribution in [1.29, 1.82) is 5.26 Å². The van der Waals surface area contributed by atoms with Gasteiger partial charge in [0.1, 0.15) is 0 Å². The van der Waals surface area contributed by atoms with E-state index in [1.54, 1.807) is 0 Å². The molecule has 0 aliphatic carbocycles. The summed E-state index contributed by atoms with van der Waals surface area (Å²) in [6.45, 7) is 8.76. The van der Waals surface area contributed by atoms with Crippen LogP contribution in [0.2, 0.25) is 0 Å². The number of hydrogen-bond donors (Lipinski definition) is 0. The average Bonchev–Trinajstić information content (AvgIpc) is 2.85. The van der Waals surface area contributed by atoms with E-state index in [2.05, 4.69) is 62.1 Å². The predicted molar refractivity (Wildman–Crippen MR) is 135 cm³/mol. The van der Waals surface area contributed by atoms with Crippen LogP contribution in [0.15, 0.2) is 66.7 Å². The van der Waals surface area contributed by atoms with Crippen molar-refractivity contribution in [3.63, 3.8) is 0 Å². The van der Waals surface area contributed by atoms with Gasteiger partial charge in [-0.3, -0.25) is 4.79 Å². The predicted octanol–water partition coefficient (Wildman–Crippen LogP) is 5.60. The summed E-state index contributed by atoms with van der Waals surface area (Å²) >= 11 is 0. The smallest absolute Gasteiger partial charge is 0.258 e. The fourth-order valence-electron chi connectivity index (χ4n) is 5.31. The molecule has 34 heavy (non-hydrogen) atoms. The van der Waals surface area contributed by atoms with E-state index in [1.807, 2.05) is 41.3 Å².